The summed E-state index contributed by atoms with van der Waals surface area (Å²) < 4.78 is 5.62. The van der Waals surface area contributed by atoms with Crippen molar-refractivity contribution in [1.82, 2.24) is 10.6 Å². The second-order valence-corrected chi connectivity index (χ2v) is 8.65. The van der Waals surface area contributed by atoms with Gasteiger partial charge in [0.05, 0.1) is 0 Å². The Morgan fingerprint density at radius 1 is 1.00 bits per heavy atom. The van der Waals surface area contributed by atoms with Gasteiger partial charge in [0.2, 0.25) is 5.91 Å². The minimum Gasteiger partial charge on any atom is -0.481 e. The fourth-order valence-electron chi connectivity index (χ4n) is 4.44. The van der Waals surface area contributed by atoms with Crippen molar-refractivity contribution in [3.05, 3.63) is 59.7 Å². The Labute approximate surface area is 194 Å². The lowest BCUT2D eigenvalue weighted by molar-refractivity contribution is -0.138. The number of carboxylic acids is 1. The first kappa shape index (κ1) is 24.3. The number of ether oxygens (including phenoxy) is 1. The van der Waals surface area contributed by atoms with E-state index in [0.29, 0.717) is 12.8 Å². The molecule has 1 unspecified atom stereocenters. The third kappa shape index (κ3) is 5.35. The zero-order valence-corrected chi connectivity index (χ0v) is 19.4. The predicted octanol–water partition coefficient (Wildman–Crippen LogP) is 4.31. The van der Waals surface area contributed by atoms with Gasteiger partial charge >= 0.3 is 12.1 Å². The Bertz CT molecular complexity index is 970. The average molecular weight is 453 g/mol. The lowest BCUT2D eigenvalue weighted by atomic mass is 9.91. The molecule has 7 heteroatoms. The Balaban J connectivity index is 1.65. The summed E-state index contributed by atoms with van der Waals surface area (Å²) in [7, 11) is 0. The first-order valence-electron chi connectivity index (χ1n) is 11.4. The number of carbonyl (C=O) groups is 3. The van der Waals surface area contributed by atoms with Gasteiger partial charge in [0.1, 0.15) is 12.1 Å². The van der Waals surface area contributed by atoms with E-state index in [1.54, 1.807) is 6.92 Å². The number of carboxylic acid groups (broad SMARTS) is 1. The number of hydrogen-bond donors (Lipinski definition) is 3. The fraction of sp³-hybridized carbons (Fsp3) is 0.423. The molecule has 0 aromatic heterocycles. The summed E-state index contributed by atoms with van der Waals surface area (Å²) in [5.41, 5.74) is 3.41. The Hall–Kier alpha value is -3.35. The van der Waals surface area contributed by atoms with Crippen LogP contribution in [-0.2, 0) is 14.3 Å². The maximum atomic E-state index is 12.9. The Morgan fingerprint density at radius 2 is 1.55 bits per heavy atom. The molecule has 1 aliphatic rings. The largest absolute Gasteiger partial charge is 0.481 e. The van der Waals surface area contributed by atoms with Crippen LogP contribution in [-0.4, -0.2) is 41.8 Å². The van der Waals surface area contributed by atoms with E-state index in [0.717, 1.165) is 22.3 Å². The summed E-state index contributed by atoms with van der Waals surface area (Å²) in [6.07, 6.45) is 0.0830. The average Bonchev–Trinajstić information content (AvgIpc) is 3.13. The first-order chi connectivity index (χ1) is 15.8. The van der Waals surface area contributed by atoms with E-state index in [2.05, 4.69) is 34.9 Å². The van der Waals surface area contributed by atoms with E-state index in [1.807, 2.05) is 38.1 Å². The molecule has 7 nitrogen and oxygen atoms in total. The van der Waals surface area contributed by atoms with E-state index >= 15 is 0 Å². The van der Waals surface area contributed by atoms with Crippen molar-refractivity contribution >= 4 is 18.0 Å². The molecule has 3 rings (SSSR count). The minimum absolute atomic E-state index is 0.0364. The van der Waals surface area contributed by atoms with Crippen LogP contribution < -0.4 is 10.6 Å². The highest BCUT2D eigenvalue weighted by Gasteiger charge is 2.37. The van der Waals surface area contributed by atoms with Gasteiger partial charge in [-0.1, -0.05) is 69.3 Å². The second-order valence-electron chi connectivity index (χ2n) is 8.65. The van der Waals surface area contributed by atoms with Crippen molar-refractivity contribution in [2.45, 2.75) is 51.5 Å². The van der Waals surface area contributed by atoms with Crippen LogP contribution in [0.2, 0.25) is 0 Å². The maximum absolute atomic E-state index is 12.9. The third-order valence-corrected chi connectivity index (χ3v) is 6.46. The quantitative estimate of drug-likeness (QED) is 0.498. The molecule has 2 aromatic rings. The molecule has 1 atom stereocenters. The Morgan fingerprint density at radius 3 is 2.06 bits per heavy atom. The van der Waals surface area contributed by atoms with Crippen LogP contribution in [0.4, 0.5) is 4.79 Å². The molecule has 0 spiro atoms. The number of benzene rings is 2. The molecule has 0 saturated heterocycles. The minimum atomic E-state index is -1.12. The number of hydrogen-bond acceptors (Lipinski definition) is 4. The van der Waals surface area contributed by atoms with Crippen LogP contribution in [0.1, 0.15) is 57.1 Å². The predicted molar refractivity (Wildman–Crippen MR) is 126 cm³/mol. The molecule has 0 aliphatic heterocycles. The van der Waals surface area contributed by atoms with Crippen LogP contribution in [0, 0.1) is 5.92 Å². The summed E-state index contributed by atoms with van der Waals surface area (Å²) in [6, 6.07) is 16.2. The summed E-state index contributed by atoms with van der Waals surface area (Å²) >= 11 is 0. The second kappa shape index (κ2) is 10.5. The van der Waals surface area contributed by atoms with Gasteiger partial charge in [-0.2, -0.15) is 0 Å². The number of nitrogens with one attached hydrogen (secondary N) is 2. The zero-order chi connectivity index (χ0) is 24.0. The maximum Gasteiger partial charge on any atom is 0.408 e. The van der Waals surface area contributed by atoms with Crippen LogP contribution in [0.3, 0.4) is 0 Å². The SMILES string of the molecule is CCC(CC)(NC(=O)OCC1c2ccccc2-c2ccccc21)C(=O)NCC(C)CC(=O)O. The van der Waals surface area contributed by atoms with Gasteiger partial charge in [-0.05, 0) is 41.0 Å². The molecule has 1 aliphatic carbocycles. The molecular formula is C26H32N2O5. The summed E-state index contributed by atoms with van der Waals surface area (Å²) in [5, 5.41) is 14.5. The number of aliphatic carboxylic acids is 1. The highest BCUT2D eigenvalue weighted by atomic mass is 16.5. The molecule has 0 saturated carbocycles. The third-order valence-electron chi connectivity index (χ3n) is 6.46. The summed E-state index contributed by atoms with van der Waals surface area (Å²) in [6.45, 7) is 5.80. The molecule has 0 fully saturated rings. The number of rotatable bonds is 10. The van der Waals surface area contributed by atoms with Crippen molar-refractivity contribution in [2.24, 2.45) is 5.92 Å². The normalized spacial score (nSPS) is 13.5. The number of fused-ring (bicyclic) bond motifs is 3. The van der Waals surface area contributed by atoms with Gasteiger partial charge in [0.15, 0.2) is 0 Å². The molecule has 0 heterocycles. The van der Waals surface area contributed by atoms with Gasteiger partial charge in [0, 0.05) is 18.9 Å². The van der Waals surface area contributed by atoms with Crippen molar-refractivity contribution in [2.75, 3.05) is 13.2 Å². The van der Waals surface area contributed by atoms with Crippen molar-refractivity contribution < 1.29 is 24.2 Å². The standard InChI is InChI=1S/C26H32N2O5/c1-4-26(5-2,24(31)27-15-17(3)14-23(29)30)28-25(32)33-16-22-20-12-8-6-10-18(20)19-11-7-9-13-21(19)22/h6-13,17,22H,4-5,14-16H2,1-3H3,(H,27,31)(H,28,32)(H,29,30). The van der Waals surface area contributed by atoms with Crippen LogP contribution in [0.5, 0.6) is 0 Å². The van der Waals surface area contributed by atoms with Crippen molar-refractivity contribution in [3.8, 4) is 11.1 Å². The monoisotopic (exact) mass is 452 g/mol. The summed E-state index contributed by atoms with van der Waals surface area (Å²) in [5.74, 6) is -1.53. The van der Waals surface area contributed by atoms with Crippen LogP contribution in [0.15, 0.2) is 48.5 Å². The first-order valence-corrected chi connectivity index (χ1v) is 11.4. The van der Waals surface area contributed by atoms with Gasteiger partial charge in [-0.3, -0.25) is 9.59 Å². The smallest absolute Gasteiger partial charge is 0.408 e. The molecule has 176 valence electrons. The van der Waals surface area contributed by atoms with E-state index in [9.17, 15) is 14.4 Å². The van der Waals surface area contributed by atoms with E-state index in [4.69, 9.17) is 9.84 Å². The lowest BCUT2D eigenvalue weighted by Gasteiger charge is -2.31. The molecule has 3 N–H and O–H groups in total. The van der Waals surface area contributed by atoms with Gasteiger partial charge in [0.25, 0.3) is 0 Å². The summed E-state index contributed by atoms with van der Waals surface area (Å²) in [4.78, 5) is 36.5. The van der Waals surface area contributed by atoms with E-state index < -0.39 is 17.6 Å². The van der Waals surface area contributed by atoms with Gasteiger partial charge < -0.3 is 20.5 Å². The van der Waals surface area contributed by atoms with Crippen LogP contribution in [0.25, 0.3) is 11.1 Å². The molecule has 0 radical (unpaired) electrons. The van der Waals surface area contributed by atoms with Crippen molar-refractivity contribution in [1.29, 1.82) is 0 Å². The molecular weight excluding hydrogens is 420 g/mol. The number of alkyl carbamates (subject to hydrolysis) is 1. The number of amides is 2. The van der Waals surface area contributed by atoms with E-state index in [1.165, 1.54) is 0 Å². The van der Waals surface area contributed by atoms with Gasteiger partial charge in [-0.15, -0.1) is 0 Å². The number of carbonyl (C=O) groups excluding carboxylic acids is 2. The van der Waals surface area contributed by atoms with Crippen LogP contribution >= 0.6 is 0 Å². The molecule has 33 heavy (non-hydrogen) atoms. The molecule has 2 amide bonds. The lowest BCUT2D eigenvalue weighted by Crippen LogP contribution is -2.58. The van der Waals surface area contributed by atoms with Gasteiger partial charge in [-0.25, -0.2) is 4.79 Å². The zero-order valence-electron chi connectivity index (χ0n) is 19.4. The molecule has 0 bridgehead atoms. The molecule has 2 aromatic carbocycles. The highest BCUT2D eigenvalue weighted by molar-refractivity contribution is 5.90. The van der Waals surface area contributed by atoms with E-state index in [-0.39, 0.29) is 37.3 Å². The fourth-order valence-corrected chi connectivity index (χ4v) is 4.44. The van der Waals surface area contributed by atoms with Crippen molar-refractivity contribution in [3.63, 3.8) is 0 Å². The highest BCUT2D eigenvalue weighted by Crippen LogP contribution is 2.44. The Kier molecular flexibility index (Phi) is 7.74. The topological polar surface area (TPSA) is 105 Å².